The second-order valence-electron chi connectivity index (χ2n) is 5.46. The van der Waals surface area contributed by atoms with E-state index in [0.717, 1.165) is 4.90 Å². The van der Waals surface area contributed by atoms with Crippen LogP contribution in [0.2, 0.25) is 0 Å². The van der Waals surface area contributed by atoms with E-state index in [1.54, 1.807) is 31.2 Å². The molecule has 1 aliphatic rings. The SMILES string of the molecule is Cc1cc(O)ccc1N1C(=O)CC(Nc2ccccc2O)C1=O. The molecule has 6 nitrogen and oxygen atoms in total. The molecule has 0 aromatic heterocycles. The van der Waals surface area contributed by atoms with Gasteiger partial charge < -0.3 is 15.5 Å². The van der Waals surface area contributed by atoms with Gasteiger partial charge in [0.1, 0.15) is 17.5 Å². The van der Waals surface area contributed by atoms with E-state index in [-0.39, 0.29) is 29.7 Å². The number of nitrogens with zero attached hydrogens (tertiary/aromatic N) is 1. The molecular weight excluding hydrogens is 296 g/mol. The number of phenolic OH excluding ortho intramolecular Hbond substituents is 2. The fourth-order valence-electron chi connectivity index (χ4n) is 2.67. The monoisotopic (exact) mass is 312 g/mol. The molecule has 0 aliphatic carbocycles. The van der Waals surface area contributed by atoms with Gasteiger partial charge in [-0.3, -0.25) is 9.59 Å². The summed E-state index contributed by atoms with van der Waals surface area (Å²) in [6.45, 7) is 1.72. The van der Waals surface area contributed by atoms with Crippen LogP contribution in [0.3, 0.4) is 0 Å². The van der Waals surface area contributed by atoms with E-state index >= 15 is 0 Å². The summed E-state index contributed by atoms with van der Waals surface area (Å²) in [5, 5.41) is 22.1. The number of aryl methyl sites for hydroxylation is 1. The van der Waals surface area contributed by atoms with Crippen LogP contribution in [0.15, 0.2) is 42.5 Å². The zero-order valence-electron chi connectivity index (χ0n) is 12.5. The van der Waals surface area contributed by atoms with Gasteiger partial charge in [0.15, 0.2) is 0 Å². The van der Waals surface area contributed by atoms with Crippen LogP contribution in [0.25, 0.3) is 0 Å². The second kappa shape index (κ2) is 5.64. The van der Waals surface area contributed by atoms with E-state index in [9.17, 15) is 19.8 Å². The molecule has 1 saturated heterocycles. The standard InChI is InChI=1S/C17H16N2O4/c1-10-8-11(20)6-7-14(10)19-16(22)9-13(17(19)23)18-12-4-2-3-5-15(12)21/h2-8,13,18,20-21H,9H2,1H3. The quantitative estimate of drug-likeness (QED) is 0.597. The third-order valence-corrected chi connectivity index (χ3v) is 3.80. The van der Waals surface area contributed by atoms with Crippen LogP contribution < -0.4 is 10.2 Å². The van der Waals surface area contributed by atoms with E-state index in [4.69, 9.17) is 0 Å². The topological polar surface area (TPSA) is 89.9 Å². The molecule has 0 bridgehead atoms. The summed E-state index contributed by atoms with van der Waals surface area (Å²) in [5.41, 5.74) is 1.50. The van der Waals surface area contributed by atoms with Gasteiger partial charge in [-0.1, -0.05) is 12.1 Å². The number of benzene rings is 2. The predicted octanol–water partition coefficient (Wildman–Crippen LogP) is 2.15. The number of amides is 2. The third-order valence-electron chi connectivity index (χ3n) is 3.80. The van der Waals surface area contributed by atoms with Crippen LogP contribution in [-0.2, 0) is 9.59 Å². The van der Waals surface area contributed by atoms with Crippen LogP contribution in [0, 0.1) is 6.92 Å². The van der Waals surface area contributed by atoms with E-state index in [0.29, 0.717) is 16.9 Å². The molecule has 23 heavy (non-hydrogen) atoms. The van der Waals surface area contributed by atoms with E-state index in [2.05, 4.69) is 5.32 Å². The van der Waals surface area contributed by atoms with Gasteiger partial charge in [0.2, 0.25) is 5.91 Å². The highest BCUT2D eigenvalue weighted by molar-refractivity contribution is 6.23. The first kappa shape index (κ1) is 14.9. The lowest BCUT2D eigenvalue weighted by Crippen LogP contribution is -2.35. The molecule has 1 fully saturated rings. The molecule has 1 atom stereocenters. The molecule has 0 saturated carbocycles. The van der Waals surface area contributed by atoms with Gasteiger partial charge in [0, 0.05) is 0 Å². The fourth-order valence-corrected chi connectivity index (χ4v) is 2.67. The normalized spacial score (nSPS) is 17.6. The molecule has 1 unspecified atom stereocenters. The van der Waals surface area contributed by atoms with Crippen LogP contribution >= 0.6 is 0 Å². The van der Waals surface area contributed by atoms with Crippen molar-refractivity contribution in [3.05, 3.63) is 48.0 Å². The molecule has 1 aliphatic heterocycles. The summed E-state index contributed by atoms with van der Waals surface area (Å²) in [4.78, 5) is 25.9. The van der Waals surface area contributed by atoms with E-state index in [1.165, 1.54) is 18.2 Å². The maximum atomic E-state index is 12.6. The molecule has 2 aromatic rings. The highest BCUT2D eigenvalue weighted by atomic mass is 16.3. The number of para-hydroxylation sites is 2. The fraction of sp³-hybridized carbons (Fsp3) is 0.176. The summed E-state index contributed by atoms with van der Waals surface area (Å²) >= 11 is 0. The molecule has 3 rings (SSSR count). The van der Waals surface area contributed by atoms with Gasteiger partial charge in [-0.05, 0) is 42.8 Å². The highest BCUT2D eigenvalue weighted by Crippen LogP contribution is 2.31. The number of carbonyl (C=O) groups excluding carboxylic acids is 2. The zero-order chi connectivity index (χ0) is 16.6. The van der Waals surface area contributed by atoms with E-state index in [1.807, 2.05) is 0 Å². The number of phenols is 2. The van der Waals surface area contributed by atoms with Gasteiger partial charge in [-0.25, -0.2) is 4.90 Å². The van der Waals surface area contributed by atoms with Gasteiger partial charge >= 0.3 is 0 Å². The van der Waals surface area contributed by atoms with Crippen molar-refractivity contribution in [3.63, 3.8) is 0 Å². The lowest BCUT2D eigenvalue weighted by atomic mass is 10.1. The van der Waals surface area contributed by atoms with Gasteiger partial charge in [0.25, 0.3) is 5.91 Å². The maximum absolute atomic E-state index is 12.6. The Kier molecular flexibility index (Phi) is 3.65. The number of anilines is 2. The summed E-state index contributed by atoms with van der Waals surface area (Å²) < 4.78 is 0. The predicted molar refractivity (Wildman–Crippen MR) is 85.5 cm³/mol. The first-order valence-corrected chi connectivity index (χ1v) is 7.18. The average molecular weight is 312 g/mol. The molecule has 0 spiro atoms. The maximum Gasteiger partial charge on any atom is 0.256 e. The van der Waals surface area contributed by atoms with Crippen molar-refractivity contribution in [2.45, 2.75) is 19.4 Å². The summed E-state index contributed by atoms with van der Waals surface area (Å²) in [6.07, 6.45) is 0.00742. The first-order chi connectivity index (χ1) is 11.0. The van der Waals surface area contributed by atoms with Crippen molar-refractivity contribution in [1.29, 1.82) is 0 Å². The number of hydrogen-bond donors (Lipinski definition) is 3. The Morgan fingerprint density at radius 2 is 1.87 bits per heavy atom. The minimum absolute atomic E-state index is 0.00742. The molecule has 2 aromatic carbocycles. The second-order valence-corrected chi connectivity index (χ2v) is 5.46. The van der Waals surface area contributed by atoms with Crippen LogP contribution in [0.4, 0.5) is 11.4 Å². The molecule has 3 N–H and O–H groups in total. The number of carbonyl (C=O) groups is 2. The number of imide groups is 1. The third kappa shape index (κ3) is 2.70. The number of hydrogen-bond acceptors (Lipinski definition) is 5. The van der Waals surface area contributed by atoms with Crippen molar-refractivity contribution < 1.29 is 19.8 Å². The van der Waals surface area contributed by atoms with Gasteiger partial charge in [-0.2, -0.15) is 0 Å². The Morgan fingerprint density at radius 3 is 2.57 bits per heavy atom. The molecule has 118 valence electrons. The lowest BCUT2D eigenvalue weighted by molar-refractivity contribution is -0.121. The Bertz CT molecular complexity index is 788. The first-order valence-electron chi connectivity index (χ1n) is 7.18. The number of aromatic hydroxyl groups is 2. The molecule has 1 heterocycles. The summed E-state index contributed by atoms with van der Waals surface area (Å²) in [5.74, 6) is -0.606. The zero-order valence-corrected chi connectivity index (χ0v) is 12.5. The molecule has 2 amide bonds. The van der Waals surface area contributed by atoms with Gasteiger partial charge in [-0.15, -0.1) is 0 Å². The van der Waals surface area contributed by atoms with Crippen molar-refractivity contribution in [3.8, 4) is 11.5 Å². The van der Waals surface area contributed by atoms with Crippen LogP contribution in [-0.4, -0.2) is 28.1 Å². The number of rotatable bonds is 3. The van der Waals surface area contributed by atoms with Crippen molar-refractivity contribution in [2.24, 2.45) is 0 Å². The van der Waals surface area contributed by atoms with Crippen molar-refractivity contribution in [2.75, 3.05) is 10.2 Å². The molecular formula is C17H16N2O4. The highest BCUT2D eigenvalue weighted by Gasteiger charge is 2.40. The van der Waals surface area contributed by atoms with Crippen LogP contribution in [0.5, 0.6) is 11.5 Å². The Balaban J connectivity index is 1.87. The smallest absolute Gasteiger partial charge is 0.256 e. The summed E-state index contributed by atoms with van der Waals surface area (Å²) in [6, 6.07) is 10.3. The van der Waals surface area contributed by atoms with Crippen molar-refractivity contribution in [1.82, 2.24) is 0 Å². The average Bonchev–Trinajstić information content (AvgIpc) is 2.77. The molecule has 6 heteroatoms. The minimum Gasteiger partial charge on any atom is -0.508 e. The largest absolute Gasteiger partial charge is 0.508 e. The Labute approximate surface area is 133 Å². The van der Waals surface area contributed by atoms with Crippen LogP contribution in [0.1, 0.15) is 12.0 Å². The van der Waals surface area contributed by atoms with E-state index < -0.39 is 6.04 Å². The Hall–Kier alpha value is -3.02. The minimum atomic E-state index is -0.732. The van der Waals surface area contributed by atoms with Gasteiger partial charge in [0.05, 0.1) is 17.8 Å². The van der Waals surface area contributed by atoms with Crippen molar-refractivity contribution >= 4 is 23.2 Å². The number of nitrogens with one attached hydrogen (secondary N) is 1. The lowest BCUT2D eigenvalue weighted by Gasteiger charge is -2.18. The Morgan fingerprint density at radius 1 is 1.13 bits per heavy atom. The summed E-state index contributed by atoms with van der Waals surface area (Å²) in [7, 11) is 0. The molecule has 0 radical (unpaired) electrons.